The average molecular weight is 507 g/mol. The summed E-state index contributed by atoms with van der Waals surface area (Å²) < 4.78 is 46.0. The van der Waals surface area contributed by atoms with Gasteiger partial charge in [-0.05, 0) is 57.1 Å². The molecule has 1 aliphatic carbocycles. The number of aromatic nitrogens is 2. The standard InChI is InChI=1S/C24H29F3N6O3/c25-24(26,27)20-19(36-23(31-20)33-10-2-1-3-11-33)22(35)30-17-6-7-18(28-14-17)32-12-8-15(9-13-32)21(34)29-16-4-5-16/h6-7,14-16H,1-5,8-13H2,(H,29,34)(H,30,35). The summed E-state index contributed by atoms with van der Waals surface area (Å²) in [6.45, 7) is 2.42. The quantitative estimate of drug-likeness (QED) is 0.614. The van der Waals surface area contributed by atoms with E-state index in [-0.39, 0.29) is 23.5 Å². The molecule has 9 nitrogen and oxygen atoms in total. The van der Waals surface area contributed by atoms with Crippen LogP contribution in [-0.2, 0) is 11.0 Å². The van der Waals surface area contributed by atoms with Crippen molar-refractivity contribution in [1.82, 2.24) is 15.3 Å². The van der Waals surface area contributed by atoms with E-state index in [1.54, 1.807) is 17.0 Å². The van der Waals surface area contributed by atoms with Gasteiger partial charge in [-0.1, -0.05) is 0 Å². The van der Waals surface area contributed by atoms with Crippen molar-refractivity contribution in [2.75, 3.05) is 41.3 Å². The van der Waals surface area contributed by atoms with Gasteiger partial charge in [0.15, 0.2) is 5.69 Å². The molecule has 0 aromatic carbocycles. The minimum atomic E-state index is -4.83. The molecule has 2 saturated heterocycles. The lowest BCUT2D eigenvalue weighted by atomic mass is 9.96. The maximum atomic E-state index is 13.6. The number of carbonyl (C=O) groups is 2. The van der Waals surface area contributed by atoms with Crippen molar-refractivity contribution in [3.05, 3.63) is 29.8 Å². The largest absolute Gasteiger partial charge is 0.437 e. The Hall–Kier alpha value is -3.31. The Morgan fingerprint density at radius 2 is 1.69 bits per heavy atom. The van der Waals surface area contributed by atoms with Crippen molar-refractivity contribution in [3.8, 4) is 0 Å². The Balaban J connectivity index is 1.21. The fraction of sp³-hybridized carbons (Fsp3) is 0.583. The van der Waals surface area contributed by atoms with Gasteiger partial charge in [-0.25, -0.2) is 4.98 Å². The maximum absolute atomic E-state index is 13.6. The summed E-state index contributed by atoms with van der Waals surface area (Å²) >= 11 is 0. The second-order valence-electron chi connectivity index (χ2n) is 9.62. The number of alkyl halides is 3. The highest BCUT2D eigenvalue weighted by Gasteiger charge is 2.42. The summed E-state index contributed by atoms with van der Waals surface area (Å²) in [7, 11) is 0. The zero-order valence-corrected chi connectivity index (χ0v) is 19.8. The van der Waals surface area contributed by atoms with Crippen LogP contribution in [-0.4, -0.2) is 54.0 Å². The molecule has 0 radical (unpaired) electrons. The first kappa shape index (κ1) is 24.4. The van der Waals surface area contributed by atoms with E-state index < -0.39 is 23.5 Å². The van der Waals surface area contributed by atoms with Crippen LogP contribution in [0.5, 0.6) is 0 Å². The number of nitrogens with zero attached hydrogens (tertiary/aromatic N) is 4. The summed E-state index contributed by atoms with van der Waals surface area (Å²) in [5, 5.41) is 5.49. The molecule has 0 atom stereocenters. The number of hydrogen-bond acceptors (Lipinski definition) is 7. The lowest BCUT2D eigenvalue weighted by Gasteiger charge is -2.32. The number of oxazole rings is 1. The predicted octanol–water partition coefficient (Wildman–Crippen LogP) is 3.83. The van der Waals surface area contributed by atoms with E-state index >= 15 is 0 Å². The van der Waals surface area contributed by atoms with Crippen molar-refractivity contribution >= 4 is 29.3 Å². The predicted molar refractivity (Wildman–Crippen MR) is 126 cm³/mol. The van der Waals surface area contributed by atoms with Crippen LogP contribution in [0.25, 0.3) is 0 Å². The van der Waals surface area contributed by atoms with Crippen LogP contribution in [0, 0.1) is 5.92 Å². The monoisotopic (exact) mass is 506 g/mol. The van der Waals surface area contributed by atoms with Gasteiger partial charge < -0.3 is 24.9 Å². The summed E-state index contributed by atoms with van der Waals surface area (Å²) in [5.41, 5.74) is -1.09. The highest BCUT2D eigenvalue weighted by molar-refractivity contribution is 6.03. The summed E-state index contributed by atoms with van der Waals surface area (Å²) in [5.74, 6) is -1.09. The fourth-order valence-electron chi connectivity index (χ4n) is 4.63. The van der Waals surface area contributed by atoms with Gasteiger partial charge in [-0.2, -0.15) is 18.2 Å². The number of amides is 2. The van der Waals surface area contributed by atoms with Gasteiger partial charge in [-0.15, -0.1) is 0 Å². The average Bonchev–Trinajstić information content (AvgIpc) is 3.56. The van der Waals surface area contributed by atoms with Gasteiger partial charge in [0, 0.05) is 38.1 Å². The molecule has 2 aromatic rings. The third-order valence-corrected chi connectivity index (χ3v) is 6.84. The zero-order chi connectivity index (χ0) is 25.3. The molecule has 2 amide bonds. The van der Waals surface area contributed by atoms with E-state index in [0.717, 1.165) is 44.9 Å². The van der Waals surface area contributed by atoms with Crippen molar-refractivity contribution in [2.45, 2.75) is 57.2 Å². The molecule has 194 valence electrons. The first-order chi connectivity index (χ1) is 17.3. The Labute approximate surface area is 206 Å². The zero-order valence-electron chi connectivity index (χ0n) is 19.8. The van der Waals surface area contributed by atoms with Crippen LogP contribution >= 0.6 is 0 Å². The summed E-state index contributed by atoms with van der Waals surface area (Å²) in [6, 6.07) is 3.45. The lowest BCUT2D eigenvalue weighted by molar-refractivity contribution is -0.141. The fourth-order valence-corrected chi connectivity index (χ4v) is 4.63. The number of hydrogen-bond donors (Lipinski definition) is 2. The number of piperidine rings is 2. The summed E-state index contributed by atoms with van der Waals surface area (Å²) in [6.07, 6.45) is 2.79. The van der Waals surface area contributed by atoms with Crippen LogP contribution in [0.3, 0.4) is 0 Å². The van der Waals surface area contributed by atoms with Crippen molar-refractivity contribution in [2.24, 2.45) is 5.92 Å². The van der Waals surface area contributed by atoms with Crippen LogP contribution in [0.2, 0.25) is 0 Å². The number of halogens is 3. The topological polar surface area (TPSA) is 104 Å². The van der Waals surface area contributed by atoms with Crippen LogP contribution in [0.1, 0.15) is 61.2 Å². The molecule has 0 unspecified atom stereocenters. The molecule has 2 aliphatic heterocycles. The third kappa shape index (κ3) is 5.57. The molecule has 0 bridgehead atoms. The Bertz CT molecular complexity index is 1090. The maximum Gasteiger partial charge on any atom is 0.437 e. The van der Waals surface area contributed by atoms with Crippen LogP contribution in [0.15, 0.2) is 22.7 Å². The van der Waals surface area contributed by atoms with Crippen LogP contribution in [0.4, 0.5) is 30.7 Å². The van der Waals surface area contributed by atoms with E-state index in [0.29, 0.717) is 38.0 Å². The molecule has 12 heteroatoms. The number of nitrogens with one attached hydrogen (secondary N) is 2. The van der Waals surface area contributed by atoms with Gasteiger partial charge in [0.1, 0.15) is 5.82 Å². The number of rotatable bonds is 6. The first-order valence-electron chi connectivity index (χ1n) is 12.4. The Kier molecular flexibility index (Phi) is 6.76. The number of pyridine rings is 1. The minimum absolute atomic E-state index is 0.0000252. The smallest absolute Gasteiger partial charge is 0.417 e. The van der Waals surface area contributed by atoms with Gasteiger partial charge >= 0.3 is 6.18 Å². The van der Waals surface area contributed by atoms with Gasteiger partial charge in [-0.3, -0.25) is 9.59 Å². The number of anilines is 3. The SMILES string of the molecule is O=C(Nc1ccc(N2CCC(C(=O)NC3CC3)CC2)nc1)c1oc(N2CCCCC2)nc1C(F)(F)F. The first-order valence-corrected chi connectivity index (χ1v) is 12.4. The van der Waals surface area contributed by atoms with Crippen LogP contribution < -0.4 is 20.4 Å². The van der Waals surface area contributed by atoms with E-state index in [1.807, 2.05) is 0 Å². The molecule has 0 spiro atoms. The second kappa shape index (κ2) is 9.98. The molecule has 36 heavy (non-hydrogen) atoms. The van der Waals surface area contributed by atoms with E-state index in [9.17, 15) is 22.8 Å². The molecule has 2 N–H and O–H groups in total. The summed E-state index contributed by atoms with van der Waals surface area (Å²) in [4.78, 5) is 36.6. The lowest BCUT2D eigenvalue weighted by Crippen LogP contribution is -2.41. The molecular formula is C24H29F3N6O3. The normalized spacial score (nSPS) is 19.3. The molecular weight excluding hydrogens is 477 g/mol. The van der Waals surface area contributed by atoms with Gasteiger partial charge in [0.05, 0.1) is 11.9 Å². The van der Waals surface area contributed by atoms with Gasteiger partial charge in [0.25, 0.3) is 11.9 Å². The third-order valence-electron chi connectivity index (χ3n) is 6.84. The van der Waals surface area contributed by atoms with E-state index in [2.05, 4.69) is 25.5 Å². The molecule has 3 aliphatic rings. The van der Waals surface area contributed by atoms with E-state index in [1.165, 1.54) is 6.20 Å². The van der Waals surface area contributed by atoms with Crippen molar-refractivity contribution < 1.29 is 27.2 Å². The minimum Gasteiger partial charge on any atom is -0.417 e. The molecule has 4 heterocycles. The van der Waals surface area contributed by atoms with E-state index in [4.69, 9.17) is 4.42 Å². The van der Waals surface area contributed by atoms with Crippen molar-refractivity contribution in [3.63, 3.8) is 0 Å². The Morgan fingerprint density at radius 3 is 2.31 bits per heavy atom. The highest BCUT2D eigenvalue weighted by atomic mass is 19.4. The number of carbonyl (C=O) groups excluding carboxylic acids is 2. The highest BCUT2D eigenvalue weighted by Crippen LogP contribution is 2.35. The molecule has 5 rings (SSSR count). The van der Waals surface area contributed by atoms with Crippen molar-refractivity contribution in [1.29, 1.82) is 0 Å². The molecule has 3 fully saturated rings. The van der Waals surface area contributed by atoms with Gasteiger partial charge in [0.2, 0.25) is 11.7 Å². The Morgan fingerprint density at radius 1 is 0.972 bits per heavy atom. The second-order valence-corrected chi connectivity index (χ2v) is 9.62. The molecule has 1 saturated carbocycles. The molecule has 2 aromatic heterocycles.